The molecule has 1 aliphatic rings. The van der Waals surface area contributed by atoms with Crippen molar-refractivity contribution in [3.05, 3.63) is 59.9 Å². The maximum Gasteiger partial charge on any atom is 0.255 e. The topological polar surface area (TPSA) is 82.5 Å². The monoisotopic (exact) mass is 371 g/mol. The highest BCUT2D eigenvalue weighted by molar-refractivity contribution is 7.98. The Hall–Kier alpha value is -2.38. The summed E-state index contributed by atoms with van der Waals surface area (Å²) in [7, 11) is 0. The normalized spacial score (nSPS) is 19.8. The highest BCUT2D eigenvalue weighted by Crippen LogP contribution is 2.23. The van der Waals surface area contributed by atoms with Gasteiger partial charge in [0.1, 0.15) is 0 Å². The first-order valence-electron chi connectivity index (χ1n) is 8.41. The fourth-order valence-electron chi connectivity index (χ4n) is 3.03. The predicted molar refractivity (Wildman–Crippen MR) is 100 cm³/mol. The van der Waals surface area contributed by atoms with Crippen LogP contribution in [0.25, 0.3) is 0 Å². The summed E-state index contributed by atoms with van der Waals surface area (Å²) in [6.07, 6.45) is 4.73. The first-order valence-corrected chi connectivity index (χ1v) is 9.64. The number of benzene rings is 1. The van der Waals surface area contributed by atoms with Crippen molar-refractivity contribution in [3.8, 4) is 0 Å². The van der Waals surface area contributed by atoms with Crippen LogP contribution in [0, 0.1) is 0 Å². The summed E-state index contributed by atoms with van der Waals surface area (Å²) in [5, 5.41) is 13.3. The highest BCUT2D eigenvalue weighted by Gasteiger charge is 2.32. The molecule has 7 heteroatoms. The van der Waals surface area contributed by atoms with Gasteiger partial charge < -0.3 is 15.3 Å². The van der Waals surface area contributed by atoms with E-state index in [4.69, 9.17) is 0 Å². The zero-order chi connectivity index (χ0) is 18.5. The van der Waals surface area contributed by atoms with Gasteiger partial charge in [0.15, 0.2) is 0 Å². The van der Waals surface area contributed by atoms with Crippen molar-refractivity contribution in [1.29, 1.82) is 0 Å². The smallest absolute Gasteiger partial charge is 0.255 e. The summed E-state index contributed by atoms with van der Waals surface area (Å²) in [4.78, 5) is 31.5. The minimum Gasteiger partial charge on any atom is -0.389 e. The Balaban J connectivity index is 1.63. The number of nitrogens with zero attached hydrogens (tertiary/aromatic N) is 2. The van der Waals surface area contributed by atoms with Crippen molar-refractivity contribution < 1.29 is 14.7 Å². The van der Waals surface area contributed by atoms with Crippen LogP contribution in [0.3, 0.4) is 0 Å². The lowest BCUT2D eigenvalue weighted by atomic mass is 10.0. The van der Waals surface area contributed by atoms with E-state index in [0.29, 0.717) is 24.1 Å². The Labute approximate surface area is 156 Å². The summed E-state index contributed by atoms with van der Waals surface area (Å²) in [5.41, 5.74) is 1.14. The first-order chi connectivity index (χ1) is 12.6. The molecular formula is C19H21N3O3S. The molecule has 0 bridgehead atoms. The number of thioether (sulfide) groups is 1. The molecule has 1 fully saturated rings. The number of carbonyl (C=O) groups excluding carboxylic acids is 2. The molecule has 1 aromatic carbocycles. The Morgan fingerprint density at radius 3 is 2.65 bits per heavy atom. The summed E-state index contributed by atoms with van der Waals surface area (Å²) >= 11 is 1.52. The molecule has 2 atom stereocenters. The fraction of sp³-hybridized carbons (Fsp3) is 0.316. The van der Waals surface area contributed by atoms with Gasteiger partial charge in [-0.05, 0) is 36.9 Å². The number of aliphatic hydroxyl groups excluding tert-OH is 1. The van der Waals surface area contributed by atoms with E-state index in [2.05, 4.69) is 10.3 Å². The largest absolute Gasteiger partial charge is 0.389 e. The molecule has 1 saturated heterocycles. The van der Waals surface area contributed by atoms with Gasteiger partial charge >= 0.3 is 0 Å². The molecular weight excluding hydrogens is 350 g/mol. The fourth-order valence-corrected chi connectivity index (χ4v) is 3.62. The second-order valence-corrected chi connectivity index (χ2v) is 6.97. The second kappa shape index (κ2) is 8.33. The number of hydrogen-bond donors (Lipinski definition) is 2. The van der Waals surface area contributed by atoms with E-state index >= 15 is 0 Å². The highest BCUT2D eigenvalue weighted by atomic mass is 32.2. The number of carbonyl (C=O) groups is 2. The van der Waals surface area contributed by atoms with Crippen molar-refractivity contribution in [2.45, 2.75) is 23.5 Å². The Bertz CT molecular complexity index is 785. The minimum atomic E-state index is -0.806. The number of β-amino-alcohol motifs (C(OH)–C–C–N with tert-alkyl or cyclic N) is 1. The van der Waals surface area contributed by atoms with E-state index in [0.717, 1.165) is 4.90 Å². The number of rotatable bonds is 4. The van der Waals surface area contributed by atoms with Crippen molar-refractivity contribution >= 4 is 23.6 Å². The van der Waals surface area contributed by atoms with Gasteiger partial charge in [0.2, 0.25) is 0 Å². The molecule has 1 aromatic heterocycles. The van der Waals surface area contributed by atoms with Gasteiger partial charge in [0.25, 0.3) is 11.8 Å². The van der Waals surface area contributed by atoms with E-state index in [-0.39, 0.29) is 24.4 Å². The summed E-state index contributed by atoms with van der Waals surface area (Å²) < 4.78 is 0. The van der Waals surface area contributed by atoms with Crippen molar-refractivity contribution in [2.24, 2.45) is 0 Å². The number of pyridine rings is 1. The van der Waals surface area contributed by atoms with Gasteiger partial charge in [0.05, 0.1) is 17.7 Å². The van der Waals surface area contributed by atoms with Crippen molar-refractivity contribution in [1.82, 2.24) is 15.2 Å². The van der Waals surface area contributed by atoms with Crippen LogP contribution in [-0.2, 0) is 0 Å². The Kier molecular flexibility index (Phi) is 5.90. The summed E-state index contributed by atoms with van der Waals surface area (Å²) in [5.74, 6) is -0.336. The molecule has 0 radical (unpaired) electrons. The molecule has 3 rings (SSSR count). The summed E-state index contributed by atoms with van der Waals surface area (Å²) in [6.45, 7) is 0.683. The third-order valence-corrected chi connectivity index (χ3v) is 5.26. The Morgan fingerprint density at radius 1 is 1.23 bits per heavy atom. The number of hydrogen-bond acceptors (Lipinski definition) is 5. The maximum atomic E-state index is 12.8. The Morgan fingerprint density at radius 2 is 1.96 bits per heavy atom. The predicted octanol–water partition coefficient (Wildman–Crippen LogP) is 1.81. The lowest BCUT2D eigenvalue weighted by molar-refractivity contribution is 0.0312. The molecule has 136 valence electrons. The van der Waals surface area contributed by atoms with Crippen LogP contribution >= 0.6 is 11.8 Å². The molecule has 0 spiro atoms. The van der Waals surface area contributed by atoms with Crippen LogP contribution in [0.2, 0.25) is 0 Å². The molecule has 2 amide bonds. The average Bonchev–Trinajstić information content (AvgIpc) is 2.69. The third-order valence-electron chi connectivity index (χ3n) is 4.47. The maximum absolute atomic E-state index is 12.8. The van der Waals surface area contributed by atoms with Gasteiger partial charge in [-0.3, -0.25) is 14.6 Å². The van der Waals surface area contributed by atoms with E-state index in [1.165, 1.54) is 11.8 Å². The number of likely N-dealkylation sites (tertiary alicyclic amines) is 1. The number of aromatic nitrogens is 1. The van der Waals surface area contributed by atoms with Gasteiger partial charge in [-0.1, -0.05) is 12.1 Å². The quantitative estimate of drug-likeness (QED) is 0.801. The lowest BCUT2D eigenvalue weighted by Gasteiger charge is -2.36. The van der Waals surface area contributed by atoms with Crippen molar-refractivity contribution in [2.75, 3.05) is 19.3 Å². The molecule has 0 saturated carbocycles. The molecule has 6 nitrogen and oxygen atoms in total. The molecule has 0 aliphatic carbocycles. The minimum absolute atomic E-state index is 0.0899. The lowest BCUT2D eigenvalue weighted by Crippen LogP contribution is -2.55. The average molecular weight is 371 g/mol. The molecule has 2 aromatic rings. The standard InChI is InChI=1S/C19H21N3O3S/c1-26-17-5-3-2-4-14(17)19(25)22-11-8-15(16(23)12-22)21-18(24)13-6-9-20-10-7-13/h2-7,9-10,15-16,23H,8,11-12H2,1H3,(H,21,24). The van der Waals surface area contributed by atoms with Crippen LogP contribution in [0.5, 0.6) is 0 Å². The van der Waals surface area contributed by atoms with Crippen molar-refractivity contribution in [3.63, 3.8) is 0 Å². The van der Waals surface area contributed by atoms with E-state index in [1.54, 1.807) is 35.5 Å². The van der Waals surface area contributed by atoms with Crippen LogP contribution in [0.1, 0.15) is 27.1 Å². The zero-order valence-corrected chi connectivity index (χ0v) is 15.3. The van der Waals surface area contributed by atoms with Crippen LogP contribution < -0.4 is 5.32 Å². The van der Waals surface area contributed by atoms with Gasteiger partial charge in [-0.25, -0.2) is 0 Å². The van der Waals surface area contributed by atoms with Crippen LogP contribution in [-0.4, -0.2) is 58.3 Å². The SMILES string of the molecule is CSc1ccccc1C(=O)N1CCC(NC(=O)c2ccncc2)C(O)C1. The molecule has 2 heterocycles. The second-order valence-electron chi connectivity index (χ2n) is 6.12. The van der Waals surface area contributed by atoms with Gasteiger partial charge in [-0.15, -0.1) is 11.8 Å². The van der Waals surface area contributed by atoms with Crippen LogP contribution in [0.15, 0.2) is 53.7 Å². The first kappa shape index (κ1) is 18.4. The number of nitrogens with one attached hydrogen (secondary N) is 1. The number of aliphatic hydroxyl groups is 1. The van der Waals surface area contributed by atoms with Gasteiger partial charge in [-0.2, -0.15) is 0 Å². The van der Waals surface area contributed by atoms with Gasteiger partial charge in [0, 0.05) is 35.9 Å². The number of amides is 2. The van der Waals surface area contributed by atoms with Crippen LogP contribution in [0.4, 0.5) is 0 Å². The van der Waals surface area contributed by atoms with E-state index in [9.17, 15) is 14.7 Å². The third kappa shape index (κ3) is 4.05. The molecule has 1 aliphatic heterocycles. The van der Waals surface area contributed by atoms with E-state index < -0.39 is 6.10 Å². The molecule has 2 N–H and O–H groups in total. The van der Waals surface area contributed by atoms with E-state index in [1.807, 2.05) is 24.5 Å². The molecule has 26 heavy (non-hydrogen) atoms. The zero-order valence-electron chi connectivity index (χ0n) is 14.5. The summed E-state index contributed by atoms with van der Waals surface area (Å²) in [6, 6.07) is 10.3. The number of piperidine rings is 1. The molecule has 2 unspecified atom stereocenters.